The number of carboxylic acids is 1. The number of amides is 1. The molecule has 2 N–H and O–H groups in total. The minimum absolute atomic E-state index is 0.0314. The summed E-state index contributed by atoms with van der Waals surface area (Å²) in [4.78, 5) is 22.7. The smallest absolute Gasteiger partial charge is 0.412 e. The van der Waals surface area contributed by atoms with Crippen LogP contribution in [0.1, 0.15) is 15.9 Å². The maximum absolute atomic E-state index is 12.4. The molecule has 2 aromatic rings. The molecule has 8 heteroatoms. The van der Waals surface area contributed by atoms with Gasteiger partial charge in [-0.2, -0.15) is 8.78 Å². The number of nitrogens with one attached hydrogen (secondary N) is 1. The normalized spacial score (nSPS) is 10.3. The highest BCUT2D eigenvalue weighted by atomic mass is 19.3. The van der Waals surface area contributed by atoms with E-state index in [1.807, 2.05) is 0 Å². The predicted octanol–water partition coefficient (Wildman–Crippen LogP) is 3.73. The van der Waals surface area contributed by atoms with E-state index in [4.69, 9.17) is 9.84 Å². The molecule has 24 heavy (non-hydrogen) atoms. The van der Waals surface area contributed by atoms with Gasteiger partial charge in [-0.05, 0) is 23.8 Å². The largest absolute Gasteiger partial charge is 0.478 e. The molecule has 0 aliphatic carbocycles. The van der Waals surface area contributed by atoms with Crippen LogP contribution < -0.4 is 10.1 Å². The van der Waals surface area contributed by atoms with Crippen LogP contribution in [-0.2, 0) is 11.3 Å². The Kier molecular flexibility index (Phi) is 5.67. The summed E-state index contributed by atoms with van der Waals surface area (Å²) in [7, 11) is 0. The minimum atomic E-state index is -3.12. The summed E-state index contributed by atoms with van der Waals surface area (Å²) in [5.74, 6) is -1.65. The quantitative estimate of drug-likeness (QED) is 0.839. The van der Waals surface area contributed by atoms with Crippen molar-refractivity contribution in [2.75, 3.05) is 5.32 Å². The summed E-state index contributed by atoms with van der Waals surface area (Å²) >= 11 is 0. The van der Waals surface area contributed by atoms with E-state index in [9.17, 15) is 18.4 Å². The standard InChI is InChI=1S/C16H13F2NO5/c17-15(18)24-13-7-6-11(14(20)21)8-12(13)19-16(22)23-9-10-4-2-1-3-5-10/h1-8,15H,9H2,(H,19,22)(H,20,21). The number of benzene rings is 2. The summed E-state index contributed by atoms with van der Waals surface area (Å²) < 4.78 is 34.0. The molecule has 0 radical (unpaired) electrons. The van der Waals surface area contributed by atoms with Crippen molar-refractivity contribution in [1.82, 2.24) is 0 Å². The molecule has 0 atom stereocenters. The number of anilines is 1. The fraction of sp³-hybridized carbons (Fsp3) is 0.125. The Hall–Kier alpha value is -3.16. The van der Waals surface area contributed by atoms with Crippen molar-refractivity contribution in [3.8, 4) is 5.75 Å². The zero-order valence-corrected chi connectivity index (χ0v) is 12.2. The first-order valence-electron chi connectivity index (χ1n) is 6.75. The van der Waals surface area contributed by atoms with Gasteiger partial charge in [0, 0.05) is 0 Å². The number of halogens is 2. The Labute approximate surface area is 135 Å². The Morgan fingerprint density at radius 2 is 1.83 bits per heavy atom. The maximum atomic E-state index is 12.4. The number of alkyl halides is 2. The summed E-state index contributed by atoms with van der Waals surface area (Å²) in [6.45, 7) is -3.15. The third-order valence-electron chi connectivity index (χ3n) is 2.89. The molecule has 0 aliphatic rings. The van der Waals surface area contributed by atoms with E-state index in [2.05, 4.69) is 10.1 Å². The van der Waals surface area contributed by atoms with Crippen molar-refractivity contribution in [3.05, 3.63) is 59.7 Å². The van der Waals surface area contributed by atoms with Gasteiger partial charge in [0.25, 0.3) is 0 Å². The predicted molar refractivity (Wildman–Crippen MR) is 80.3 cm³/mol. The number of rotatable bonds is 6. The zero-order chi connectivity index (χ0) is 17.5. The number of carbonyl (C=O) groups is 2. The van der Waals surface area contributed by atoms with Gasteiger partial charge in [0.1, 0.15) is 12.4 Å². The maximum Gasteiger partial charge on any atom is 0.412 e. The molecule has 0 unspecified atom stereocenters. The van der Waals surface area contributed by atoms with Gasteiger partial charge in [0.15, 0.2) is 0 Å². The van der Waals surface area contributed by atoms with Crippen LogP contribution in [0.3, 0.4) is 0 Å². The number of hydrogen-bond acceptors (Lipinski definition) is 4. The molecule has 2 rings (SSSR count). The molecular weight excluding hydrogens is 324 g/mol. The fourth-order valence-corrected chi connectivity index (χ4v) is 1.83. The molecule has 0 fully saturated rings. The van der Waals surface area contributed by atoms with Crippen molar-refractivity contribution in [2.24, 2.45) is 0 Å². The lowest BCUT2D eigenvalue weighted by Crippen LogP contribution is -2.15. The second kappa shape index (κ2) is 7.91. The Balaban J connectivity index is 2.09. The van der Waals surface area contributed by atoms with E-state index in [-0.39, 0.29) is 23.6 Å². The molecular formula is C16H13F2NO5. The average Bonchev–Trinajstić information content (AvgIpc) is 2.55. The van der Waals surface area contributed by atoms with E-state index in [1.165, 1.54) is 0 Å². The molecule has 0 heterocycles. The third-order valence-corrected chi connectivity index (χ3v) is 2.89. The van der Waals surface area contributed by atoms with Crippen LogP contribution in [0.2, 0.25) is 0 Å². The Morgan fingerprint density at radius 1 is 1.12 bits per heavy atom. The van der Waals surface area contributed by atoms with Crippen LogP contribution in [0.15, 0.2) is 48.5 Å². The average molecular weight is 337 g/mol. The van der Waals surface area contributed by atoms with E-state index >= 15 is 0 Å². The van der Waals surface area contributed by atoms with Gasteiger partial charge >= 0.3 is 18.7 Å². The lowest BCUT2D eigenvalue weighted by atomic mass is 10.2. The van der Waals surface area contributed by atoms with Crippen LogP contribution in [0.4, 0.5) is 19.3 Å². The number of ether oxygens (including phenoxy) is 2. The zero-order valence-electron chi connectivity index (χ0n) is 12.2. The van der Waals surface area contributed by atoms with Gasteiger partial charge in [-0.3, -0.25) is 5.32 Å². The van der Waals surface area contributed by atoms with E-state index in [1.54, 1.807) is 30.3 Å². The van der Waals surface area contributed by atoms with Gasteiger partial charge < -0.3 is 14.6 Å². The lowest BCUT2D eigenvalue weighted by molar-refractivity contribution is -0.0493. The van der Waals surface area contributed by atoms with Crippen LogP contribution >= 0.6 is 0 Å². The fourth-order valence-electron chi connectivity index (χ4n) is 1.83. The van der Waals surface area contributed by atoms with Crippen LogP contribution in [0.5, 0.6) is 5.75 Å². The van der Waals surface area contributed by atoms with Crippen LogP contribution in [-0.4, -0.2) is 23.8 Å². The van der Waals surface area contributed by atoms with E-state index in [0.29, 0.717) is 0 Å². The first kappa shape index (κ1) is 17.2. The van der Waals surface area contributed by atoms with Gasteiger partial charge in [0.2, 0.25) is 0 Å². The van der Waals surface area contributed by atoms with E-state index < -0.39 is 18.7 Å². The first-order chi connectivity index (χ1) is 11.5. The molecule has 0 bridgehead atoms. The minimum Gasteiger partial charge on any atom is -0.478 e. The van der Waals surface area contributed by atoms with Crippen molar-refractivity contribution < 1.29 is 33.0 Å². The van der Waals surface area contributed by atoms with Crippen molar-refractivity contribution in [3.63, 3.8) is 0 Å². The SMILES string of the molecule is O=C(Nc1cc(C(=O)O)ccc1OC(F)F)OCc1ccccc1. The van der Waals surface area contributed by atoms with E-state index in [0.717, 1.165) is 23.8 Å². The van der Waals surface area contributed by atoms with Crippen LogP contribution in [0, 0.1) is 0 Å². The van der Waals surface area contributed by atoms with Gasteiger partial charge in [0.05, 0.1) is 11.3 Å². The summed E-state index contributed by atoms with van der Waals surface area (Å²) in [5, 5.41) is 11.1. The molecule has 1 amide bonds. The number of hydrogen-bond donors (Lipinski definition) is 2. The lowest BCUT2D eigenvalue weighted by Gasteiger charge is -2.13. The highest BCUT2D eigenvalue weighted by molar-refractivity contribution is 5.93. The first-order valence-corrected chi connectivity index (χ1v) is 6.75. The summed E-state index contributed by atoms with van der Waals surface area (Å²) in [6, 6.07) is 11.9. The molecule has 0 aliphatic heterocycles. The molecule has 0 saturated heterocycles. The topological polar surface area (TPSA) is 84.9 Å². The molecule has 0 aromatic heterocycles. The molecule has 2 aromatic carbocycles. The molecule has 0 saturated carbocycles. The Morgan fingerprint density at radius 3 is 2.46 bits per heavy atom. The monoisotopic (exact) mass is 337 g/mol. The second-order valence-electron chi connectivity index (χ2n) is 4.58. The third kappa shape index (κ3) is 4.94. The summed E-state index contributed by atoms with van der Waals surface area (Å²) in [6.07, 6.45) is -0.930. The van der Waals surface area contributed by atoms with Crippen molar-refractivity contribution >= 4 is 17.7 Å². The molecule has 0 spiro atoms. The number of aromatic carboxylic acids is 1. The van der Waals surface area contributed by atoms with Gasteiger partial charge in [-0.1, -0.05) is 30.3 Å². The molecule has 6 nitrogen and oxygen atoms in total. The Bertz CT molecular complexity index is 722. The second-order valence-corrected chi connectivity index (χ2v) is 4.58. The summed E-state index contributed by atoms with van der Waals surface area (Å²) in [5.41, 5.74) is 0.305. The van der Waals surface area contributed by atoms with Crippen LogP contribution in [0.25, 0.3) is 0 Å². The van der Waals surface area contributed by atoms with Gasteiger partial charge in [-0.15, -0.1) is 0 Å². The van der Waals surface area contributed by atoms with Gasteiger partial charge in [-0.25, -0.2) is 9.59 Å². The number of carboxylic acid groups (broad SMARTS) is 1. The van der Waals surface area contributed by atoms with Crippen molar-refractivity contribution in [2.45, 2.75) is 13.2 Å². The van der Waals surface area contributed by atoms with Crippen molar-refractivity contribution in [1.29, 1.82) is 0 Å². The number of carbonyl (C=O) groups excluding carboxylic acids is 1. The highest BCUT2D eigenvalue weighted by Crippen LogP contribution is 2.27. The highest BCUT2D eigenvalue weighted by Gasteiger charge is 2.15. The molecule has 126 valence electrons.